The lowest BCUT2D eigenvalue weighted by molar-refractivity contribution is 0.111. The number of aliphatic imine (C=N–C) groups is 1. The lowest BCUT2D eigenvalue weighted by Gasteiger charge is -2.06. The third kappa shape index (κ3) is 2.66. The van der Waals surface area contributed by atoms with Crippen molar-refractivity contribution in [3.8, 4) is 0 Å². The van der Waals surface area contributed by atoms with Crippen molar-refractivity contribution in [1.82, 2.24) is 0 Å². The van der Waals surface area contributed by atoms with Crippen LogP contribution >= 0.6 is 0 Å². The van der Waals surface area contributed by atoms with Gasteiger partial charge in [-0.25, -0.2) is 4.79 Å². The van der Waals surface area contributed by atoms with Crippen molar-refractivity contribution in [3.05, 3.63) is 12.3 Å². The molecule has 3 heteroatoms. The van der Waals surface area contributed by atoms with Crippen molar-refractivity contribution in [1.29, 1.82) is 0 Å². The predicted molar refractivity (Wildman–Crippen MR) is 40.9 cm³/mol. The number of rotatable bonds is 3. The van der Waals surface area contributed by atoms with E-state index in [9.17, 15) is 4.79 Å². The van der Waals surface area contributed by atoms with Crippen molar-refractivity contribution in [2.75, 3.05) is 6.61 Å². The van der Waals surface area contributed by atoms with Crippen LogP contribution in [0, 0.1) is 0 Å². The number of ether oxygens (including phenoxy) is 1. The van der Waals surface area contributed by atoms with Crippen molar-refractivity contribution in [2.24, 2.45) is 4.99 Å². The van der Waals surface area contributed by atoms with Crippen LogP contribution in [0.4, 0.5) is 0 Å². The van der Waals surface area contributed by atoms with Gasteiger partial charge in [0.15, 0.2) is 0 Å². The largest absolute Gasteiger partial charge is 0.378 e. The van der Waals surface area contributed by atoms with Gasteiger partial charge in [0.2, 0.25) is 6.08 Å². The molecule has 0 aromatic carbocycles. The fourth-order valence-corrected chi connectivity index (χ4v) is 1.18. The highest BCUT2D eigenvalue weighted by atomic mass is 16.5. The number of hydrogen-bond donors (Lipinski definition) is 0. The Morgan fingerprint density at radius 3 is 3.18 bits per heavy atom. The summed E-state index contributed by atoms with van der Waals surface area (Å²) >= 11 is 0. The molecule has 0 radical (unpaired) electrons. The van der Waals surface area contributed by atoms with E-state index in [0.29, 0.717) is 12.1 Å². The van der Waals surface area contributed by atoms with Gasteiger partial charge < -0.3 is 4.74 Å². The van der Waals surface area contributed by atoms with E-state index in [1.54, 1.807) is 0 Å². The van der Waals surface area contributed by atoms with Gasteiger partial charge in [0, 0.05) is 18.7 Å². The molecule has 1 atom stereocenters. The van der Waals surface area contributed by atoms with Crippen LogP contribution in [0.1, 0.15) is 19.3 Å². The Labute approximate surface area is 65.8 Å². The summed E-state index contributed by atoms with van der Waals surface area (Å²) < 4.78 is 5.32. The maximum atomic E-state index is 9.80. The Bertz CT molecular complexity index is 188. The Morgan fingerprint density at radius 1 is 1.82 bits per heavy atom. The topological polar surface area (TPSA) is 38.7 Å². The number of nitrogens with zero attached hydrogens (tertiary/aromatic N) is 1. The van der Waals surface area contributed by atoms with Gasteiger partial charge in [0.05, 0.1) is 6.10 Å². The van der Waals surface area contributed by atoms with Gasteiger partial charge in [0.1, 0.15) is 0 Å². The standard InChI is InChI=1S/C8H11NO2/c1-7(9-6-10)5-8-3-2-4-11-8/h8H,1-5H2. The lowest BCUT2D eigenvalue weighted by Crippen LogP contribution is -2.04. The molecule has 60 valence electrons. The first kappa shape index (κ1) is 8.18. The highest BCUT2D eigenvalue weighted by Crippen LogP contribution is 2.18. The van der Waals surface area contributed by atoms with Crippen molar-refractivity contribution in [3.63, 3.8) is 0 Å². The van der Waals surface area contributed by atoms with Crippen LogP contribution in [0.25, 0.3) is 0 Å². The quantitative estimate of drug-likeness (QED) is 0.454. The summed E-state index contributed by atoms with van der Waals surface area (Å²) in [7, 11) is 0. The highest BCUT2D eigenvalue weighted by molar-refractivity contribution is 5.36. The van der Waals surface area contributed by atoms with Gasteiger partial charge in [-0.3, -0.25) is 0 Å². The van der Waals surface area contributed by atoms with E-state index in [1.807, 2.05) is 0 Å². The molecular formula is C8H11NO2. The first-order valence-corrected chi connectivity index (χ1v) is 3.70. The third-order valence-corrected chi connectivity index (χ3v) is 1.69. The van der Waals surface area contributed by atoms with E-state index in [2.05, 4.69) is 11.6 Å². The predicted octanol–water partition coefficient (Wildman–Crippen LogP) is 1.41. The summed E-state index contributed by atoms with van der Waals surface area (Å²) in [5.41, 5.74) is 0.562. The fraction of sp³-hybridized carbons (Fsp3) is 0.625. The summed E-state index contributed by atoms with van der Waals surface area (Å²) in [5.74, 6) is 0. The first-order valence-electron chi connectivity index (χ1n) is 3.70. The average molecular weight is 153 g/mol. The molecule has 0 spiro atoms. The fourth-order valence-electron chi connectivity index (χ4n) is 1.18. The molecule has 0 aliphatic carbocycles. The van der Waals surface area contributed by atoms with Crippen molar-refractivity contribution < 1.29 is 9.53 Å². The molecule has 0 aromatic rings. The van der Waals surface area contributed by atoms with E-state index < -0.39 is 0 Å². The summed E-state index contributed by atoms with van der Waals surface area (Å²) in [4.78, 5) is 13.2. The van der Waals surface area contributed by atoms with Crippen LogP contribution in [0.3, 0.4) is 0 Å². The molecule has 1 aliphatic heterocycles. The highest BCUT2D eigenvalue weighted by Gasteiger charge is 2.15. The maximum absolute atomic E-state index is 9.80. The van der Waals surface area contributed by atoms with Crippen LogP contribution in [0.2, 0.25) is 0 Å². The lowest BCUT2D eigenvalue weighted by atomic mass is 10.1. The van der Waals surface area contributed by atoms with Gasteiger partial charge in [-0.2, -0.15) is 4.99 Å². The Kier molecular flexibility index (Phi) is 3.02. The Hall–Kier alpha value is -0.920. The zero-order chi connectivity index (χ0) is 8.10. The summed E-state index contributed by atoms with van der Waals surface area (Å²) in [6, 6.07) is 0. The molecule has 1 aliphatic rings. The number of isocyanates is 1. The molecule has 0 N–H and O–H groups in total. The Morgan fingerprint density at radius 2 is 2.64 bits per heavy atom. The van der Waals surface area contributed by atoms with Gasteiger partial charge in [-0.05, 0) is 12.8 Å². The first-order chi connectivity index (χ1) is 5.33. The minimum Gasteiger partial charge on any atom is -0.378 e. The van der Waals surface area contributed by atoms with Crippen molar-refractivity contribution in [2.45, 2.75) is 25.4 Å². The molecule has 1 saturated heterocycles. The van der Waals surface area contributed by atoms with Crippen LogP contribution in [-0.2, 0) is 9.53 Å². The molecule has 1 fully saturated rings. The summed E-state index contributed by atoms with van der Waals surface area (Å²) in [6.07, 6.45) is 4.49. The molecule has 1 unspecified atom stereocenters. The van der Waals surface area contributed by atoms with Crippen LogP contribution in [-0.4, -0.2) is 18.8 Å². The zero-order valence-corrected chi connectivity index (χ0v) is 6.38. The van der Waals surface area contributed by atoms with E-state index in [-0.39, 0.29) is 6.10 Å². The number of carbonyl (C=O) groups excluding carboxylic acids is 1. The van der Waals surface area contributed by atoms with Crippen LogP contribution < -0.4 is 0 Å². The molecule has 0 bridgehead atoms. The summed E-state index contributed by atoms with van der Waals surface area (Å²) in [5, 5.41) is 0. The monoisotopic (exact) mass is 153 g/mol. The minimum atomic E-state index is 0.222. The number of hydrogen-bond acceptors (Lipinski definition) is 3. The average Bonchev–Trinajstić information content (AvgIpc) is 2.40. The van der Waals surface area contributed by atoms with E-state index in [0.717, 1.165) is 19.4 Å². The molecular weight excluding hydrogens is 142 g/mol. The molecule has 11 heavy (non-hydrogen) atoms. The molecule has 0 amide bonds. The second-order valence-corrected chi connectivity index (χ2v) is 2.61. The normalized spacial score (nSPS) is 22.7. The van der Waals surface area contributed by atoms with Gasteiger partial charge in [0.25, 0.3) is 0 Å². The van der Waals surface area contributed by atoms with E-state index in [1.165, 1.54) is 6.08 Å². The van der Waals surface area contributed by atoms with Gasteiger partial charge >= 0.3 is 0 Å². The van der Waals surface area contributed by atoms with Gasteiger partial charge in [-0.15, -0.1) is 0 Å². The summed E-state index contributed by atoms with van der Waals surface area (Å²) in [6.45, 7) is 4.42. The molecule has 0 saturated carbocycles. The zero-order valence-electron chi connectivity index (χ0n) is 6.38. The molecule has 0 aromatic heterocycles. The molecule has 3 nitrogen and oxygen atoms in total. The van der Waals surface area contributed by atoms with E-state index in [4.69, 9.17) is 4.74 Å². The minimum absolute atomic E-state index is 0.222. The molecule has 1 rings (SSSR count). The van der Waals surface area contributed by atoms with E-state index >= 15 is 0 Å². The SMILES string of the molecule is C=C(CC1CCCO1)N=C=O. The third-order valence-electron chi connectivity index (χ3n) is 1.69. The smallest absolute Gasteiger partial charge is 0.240 e. The van der Waals surface area contributed by atoms with Crippen LogP contribution in [0.15, 0.2) is 17.3 Å². The molecule has 1 heterocycles. The maximum Gasteiger partial charge on any atom is 0.240 e. The second-order valence-electron chi connectivity index (χ2n) is 2.61. The van der Waals surface area contributed by atoms with Crippen LogP contribution in [0.5, 0.6) is 0 Å². The second kappa shape index (κ2) is 4.06. The van der Waals surface area contributed by atoms with Crippen molar-refractivity contribution >= 4 is 6.08 Å². The van der Waals surface area contributed by atoms with Gasteiger partial charge in [-0.1, -0.05) is 6.58 Å². The Balaban J connectivity index is 2.29.